The van der Waals surface area contributed by atoms with Crippen LogP contribution in [0.3, 0.4) is 0 Å². The minimum atomic E-state index is -0.720. The van der Waals surface area contributed by atoms with Crippen LogP contribution < -0.4 is 10.1 Å². The maximum Gasteiger partial charge on any atom is 0.272 e. The molecular formula is C20H23BrN2O2S. The van der Waals surface area contributed by atoms with Crippen LogP contribution in [0, 0.1) is 25.2 Å². The number of aryl methyl sites for hydroxylation is 1. The predicted molar refractivity (Wildman–Crippen MR) is 112 cm³/mol. The van der Waals surface area contributed by atoms with E-state index < -0.39 is 11.0 Å². The van der Waals surface area contributed by atoms with Crippen LogP contribution in [0.2, 0.25) is 0 Å². The van der Waals surface area contributed by atoms with Crippen molar-refractivity contribution >= 4 is 44.5 Å². The summed E-state index contributed by atoms with van der Waals surface area (Å²) in [6.07, 6.45) is 9.22. The molecule has 0 radical (unpaired) electrons. The van der Waals surface area contributed by atoms with E-state index in [-0.39, 0.29) is 11.8 Å². The highest BCUT2D eigenvalue weighted by atomic mass is 79.9. The van der Waals surface area contributed by atoms with E-state index in [9.17, 15) is 4.79 Å². The molecule has 26 heavy (non-hydrogen) atoms. The lowest BCUT2D eigenvalue weighted by atomic mass is 9.89. The summed E-state index contributed by atoms with van der Waals surface area (Å²) in [5.41, 5.74) is 0.479. The second-order valence-electron chi connectivity index (χ2n) is 6.64. The topological polar surface area (TPSA) is 51.2 Å². The zero-order chi connectivity index (χ0) is 19.5. The molecule has 0 saturated carbocycles. The van der Waals surface area contributed by atoms with Gasteiger partial charge in [-0.05, 0) is 65.7 Å². The molecule has 0 aliphatic rings. The van der Waals surface area contributed by atoms with E-state index in [2.05, 4.69) is 32.2 Å². The van der Waals surface area contributed by atoms with Gasteiger partial charge < -0.3 is 10.1 Å². The van der Waals surface area contributed by atoms with Crippen LogP contribution in [-0.4, -0.2) is 28.1 Å². The molecule has 4 nitrogen and oxygen atoms in total. The summed E-state index contributed by atoms with van der Waals surface area (Å²) in [5.74, 6) is 3.17. The van der Waals surface area contributed by atoms with Crippen molar-refractivity contribution in [3.05, 3.63) is 34.4 Å². The first-order chi connectivity index (χ1) is 12.2. The van der Waals surface area contributed by atoms with Crippen molar-refractivity contribution in [2.75, 3.05) is 6.26 Å². The molecule has 0 aliphatic carbocycles. The average molecular weight is 435 g/mol. The molecule has 2 atom stereocenters. The number of ether oxygens (including phenoxy) is 1. The first-order valence-corrected chi connectivity index (χ1v) is 10.3. The van der Waals surface area contributed by atoms with Crippen molar-refractivity contribution in [2.24, 2.45) is 5.92 Å². The number of nitrogens with one attached hydrogen (secondary N) is 1. The van der Waals surface area contributed by atoms with Gasteiger partial charge in [0.05, 0.1) is 5.52 Å². The molecule has 2 unspecified atom stereocenters. The number of carbonyl (C=O) groups is 1. The first-order valence-electron chi connectivity index (χ1n) is 8.25. The normalized spacial score (nSPS) is 14.5. The second kappa shape index (κ2) is 8.32. The van der Waals surface area contributed by atoms with Gasteiger partial charge in [0.25, 0.3) is 5.91 Å². The molecular weight excluding hydrogens is 412 g/mol. The monoisotopic (exact) mass is 434 g/mol. The molecule has 0 spiro atoms. The number of nitrogens with zero attached hydrogens (tertiary/aromatic N) is 1. The Balaban J connectivity index is 2.26. The van der Waals surface area contributed by atoms with Gasteiger partial charge in [-0.25, -0.2) is 0 Å². The molecule has 1 amide bonds. The van der Waals surface area contributed by atoms with Crippen LogP contribution in [0.5, 0.6) is 5.75 Å². The minimum Gasteiger partial charge on any atom is -0.470 e. The Hall–Kier alpha value is -1.71. The van der Waals surface area contributed by atoms with Gasteiger partial charge in [-0.15, -0.1) is 18.2 Å². The number of hydrogen-bond donors (Lipinski definition) is 1. The van der Waals surface area contributed by atoms with Crippen LogP contribution in [0.15, 0.2) is 28.9 Å². The fourth-order valence-corrected chi connectivity index (χ4v) is 3.26. The van der Waals surface area contributed by atoms with Crippen molar-refractivity contribution in [2.45, 2.75) is 38.7 Å². The average Bonchev–Trinajstić information content (AvgIpc) is 2.58. The molecule has 0 saturated heterocycles. The molecule has 2 aromatic rings. The number of carbonyl (C=O) groups excluding carboxylic acids is 1. The van der Waals surface area contributed by atoms with E-state index in [1.807, 2.05) is 52.1 Å². The molecule has 0 bridgehead atoms. The molecule has 1 aromatic carbocycles. The number of rotatable bonds is 6. The van der Waals surface area contributed by atoms with E-state index in [4.69, 9.17) is 11.2 Å². The maximum absolute atomic E-state index is 12.7. The second-order valence-corrected chi connectivity index (χ2v) is 8.46. The van der Waals surface area contributed by atoms with Crippen LogP contribution in [0.1, 0.15) is 26.3 Å². The molecule has 1 N–H and O–H groups in total. The Kier molecular flexibility index (Phi) is 6.59. The lowest BCUT2D eigenvalue weighted by Crippen LogP contribution is -2.52. The number of thioether (sulfide) groups is 1. The number of hydrogen-bond acceptors (Lipinski definition) is 4. The zero-order valence-corrected chi connectivity index (χ0v) is 18.0. The van der Waals surface area contributed by atoms with Crippen LogP contribution in [0.25, 0.3) is 10.9 Å². The standard InChI is InChI=1S/C20H23BrN2O2S/c1-7-20(5,12(2)3)23-18(24)19(26-6)25-16-8-13(4)17-14(10-16)9-15(21)11-22-17/h1,8-12,19H,2-6H3,(H,23,24). The summed E-state index contributed by atoms with van der Waals surface area (Å²) in [7, 11) is 0. The fraction of sp³-hybridized carbons (Fsp3) is 0.400. The third kappa shape index (κ3) is 4.52. The van der Waals surface area contributed by atoms with E-state index in [1.165, 1.54) is 11.8 Å². The van der Waals surface area contributed by atoms with Crippen molar-refractivity contribution in [1.82, 2.24) is 10.3 Å². The van der Waals surface area contributed by atoms with Gasteiger partial charge in [0.1, 0.15) is 11.3 Å². The van der Waals surface area contributed by atoms with Gasteiger partial charge in [-0.2, -0.15) is 0 Å². The third-order valence-electron chi connectivity index (χ3n) is 4.42. The lowest BCUT2D eigenvalue weighted by Gasteiger charge is -2.31. The van der Waals surface area contributed by atoms with Gasteiger partial charge in [0, 0.05) is 16.1 Å². The smallest absolute Gasteiger partial charge is 0.272 e. The van der Waals surface area contributed by atoms with Gasteiger partial charge >= 0.3 is 0 Å². The molecule has 1 aromatic heterocycles. The lowest BCUT2D eigenvalue weighted by molar-refractivity contribution is -0.126. The number of halogens is 1. The molecule has 138 valence electrons. The first kappa shape index (κ1) is 20.6. The molecule has 6 heteroatoms. The number of benzene rings is 1. The van der Waals surface area contributed by atoms with Gasteiger partial charge in [-0.3, -0.25) is 9.78 Å². The molecule has 2 rings (SSSR count). The highest BCUT2D eigenvalue weighted by molar-refractivity contribution is 9.10. The predicted octanol–water partition coefficient (Wildman–Crippen LogP) is 4.54. The van der Waals surface area contributed by atoms with E-state index in [0.29, 0.717) is 5.75 Å². The van der Waals surface area contributed by atoms with Crippen molar-refractivity contribution in [3.63, 3.8) is 0 Å². The van der Waals surface area contributed by atoms with Gasteiger partial charge in [-0.1, -0.05) is 19.8 Å². The Bertz CT molecular complexity index is 863. The summed E-state index contributed by atoms with van der Waals surface area (Å²) in [6, 6.07) is 5.76. The van der Waals surface area contributed by atoms with E-state index in [0.717, 1.165) is 20.9 Å². The number of pyridine rings is 1. The van der Waals surface area contributed by atoms with E-state index >= 15 is 0 Å². The Morgan fingerprint density at radius 3 is 2.69 bits per heavy atom. The van der Waals surface area contributed by atoms with Crippen LogP contribution >= 0.6 is 27.7 Å². The quantitative estimate of drug-likeness (QED) is 0.535. The highest BCUT2D eigenvalue weighted by Gasteiger charge is 2.31. The van der Waals surface area contributed by atoms with E-state index in [1.54, 1.807) is 6.20 Å². The molecule has 0 fully saturated rings. The molecule has 0 aliphatic heterocycles. The van der Waals surface area contributed by atoms with Crippen LogP contribution in [-0.2, 0) is 4.79 Å². The Morgan fingerprint density at radius 1 is 1.42 bits per heavy atom. The van der Waals surface area contributed by atoms with Crippen LogP contribution in [0.4, 0.5) is 0 Å². The van der Waals surface area contributed by atoms with Gasteiger partial charge in [0.15, 0.2) is 0 Å². The summed E-state index contributed by atoms with van der Waals surface area (Å²) >= 11 is 4.76. The van der Waals surface area contributed by atoms with Crippen molar-refractivity contribution < 1.29 is 9.53 Å². The zero-order valence-electron chi connectivity index (χ0n) is 15.6. The number of terminal acetylenes is 1. The summed E-state index contributed by atoms with van der Waals surface area (Å²) in [5, 5.41) is 3.88. The minimum absolute atomic E-state index is 0.102. The Morgan fingerprint density at radius 2 is 2.12 bits per heavy atom. The third-order valence-corrected chi connectivity index (χ3v) is 5.59. The van der Waals surface area contributed by atoms with Crippen molar-refractivity contribution in [3.8, 4) is 18.1 Å². The Labute approximate surface area is 167 Å². The fourth-order valence-electron chi connectivity index (χ4n) is 2.43. The summed E-state index contributed by atoms with van der Waals surface area (Å²) in [4.78, 5) is 17.1. The number of amides is 1. The summed E-state index contributed by atoms with van der Waals surface area (Å²) in [6.45, 7) is 7.77. The highest BCUT2D eigenvalue weighted by Crippen LogP contribution is 2.28. The van der Waals surface area contributed by atoms with Gasteiger partial charge in [0.2, 0.25) is 5.44 Å². The number of aromatic nitrogens is 1. The SMILES string of the molecule is C#CC(C)(NC(=O)C(Oc1cc(C)c2ncc(Br)cc2c1)SC)C(C)C. The van der Waals surface area contributed by atoms with Crippen molar-refractivity contribution in [1.29, 1.82) is 0 Å². The largest absolute Gasteiger partial charge is 0.470 e. The molecule has 1 heterocycles. The number of fused-ring (bicyclic) bond motifs is 1. The summed E-state index contributed by atoms with van der Waals surface area (Å²) < 4.78 is 6.85. The maximum atomic E-state index is 12.7.